The lowest BCUT2D eigenvalue weighted by molar-refractivity contribution is -0.146. The third-order valence-electron chi connectivity index (χ3n) is 4.01. The van der Waals surface area contributed by atoms with E-state index in [0.29, 0.717) is 23.4 Å². The minimum Gasteiger partial charge on any atom is -0.481 e. The van der Waals surface area contributed by atoms with Crippen LogP contribution >= 0.6 is 11.3 Å². The number of nitrogens with one attached hydrogen (secondary N) is 1. The molecule has 0 saturated heterocycles. The highest BCUT2D eigenvalue weighted by molar-refractivity contribution is 7.16. The van der Waals surface area contributed by atoms with Crippen LogP contribution in [0.25, 0.3) is 0 Å². The quantitative estimate of drug-likeness (QED) is 0.607. The fourth-order valence-corrected chi connectivity index (χ4v) is 3.90. The van der Waals surface area contributed by atoms with Crippen molar-refractivity contribution in [1.29, 1.82) is 0 Å². The summed E-state index contributed by atoms with van der Waals surface area (Å²) in [6.07, 6.45) is 6.04. The zero-order valence-corrected chi connectivity index (χ0v) is 14.5. The van der Waals surface area contributed by atoms with Gasteiger partial charge in [-0.05, 0) is 25.3 Å². The Balaban J connectivity index is 2.22. The van der Waals surface area contributed by atoms with Crippen molar-refractivity contribution in [3.05, 3.63) is 28.7 Å². The molecule has 0 fully saturated rings. The van der Waals surface area contributed by atoms with Gasteiger partial charge in [0.25, 0.3) is 0 Å². The Morgan fingerprint density at radius 1 is 1.29 bits per heavy atom. The van der Waals surface area contributed by atoms with E-state index in [1.54, 1.807) is 12.1 Å². The molecular formula is C17H21NO5S. The van der Waals surface area contributed by atoms with Crippen LogP contribution in [-0.2, 0) is 20.7 Å². The van der Waals surface area contributed by atoms with Gasteiger partial charge in [0.2, 0.25) is 5.91 Å². The number of aliphatic carboxylic acids is 1. The fourth-order valence-electron chi connectivity index (χ4n) is 2.75. The first kappa shape index (κ1) is 18.2. The summed E-state index contributed by atoms with van der Waals surface area (Å²) in [6, 6.07) is 1.73. The fraction of sp³-hybridized carbons (Fsp3) is 0.471. The molecular weight excluding hydrogens is 330 g/mol. The highest BCUT2D eigenvalue weighted by Gasteiger charge is 2.34. The number of aryl methyl sites for hydroxylation is 1. The van der Waals surface area contributed by atoms with Gasteiger partial charge in [0, 0.05) is 4.88 Å². The molecule has 0 saturated carbocycles. The standard InChI is InChI=1S/C17H21NO5S/c1-3-6-10-9-13(17(22)23-2)15(24-10)18-14(19)11-7-4-5-8-12(11)16(20)21/h4-5,9,11-12H,3,6-8H2,1-2H3,(H,18,19)(H,20,21)/t11-,12+/m1/s1. The van der Waals surface area contributed by atoms with E-state index in [1.165, 1.54) is 18.4 Å². The topological polar surface area (TPSA) is 92.7 Å². The highest BCUT2D eigenvalue weighted by Crippen LogP contribution is 2.32. The Morgan fingerprint density at radius 2 is 1.96 bits per heavy atom. The number of carboxylic acids is 1. The molecule has 0 bridgehead atoms. The number of allylic oxidation sites excluding steroid dienone is 2. The molecule has 0 radical (unpaired) electrons. The molecule has 6 nitrogen and oxygen atoms in total. The van der Waals surface area contributed by atoms with Crippen molar-refractivity contribution in [2.75, 3.05) is 12.4 Å². The maximum absolute atomic E-state index is 12.6. The van der Waals surface area contributed by atoms with Crippen molar-refractivity contribution in [1.82, 2.24) is 0 Å². The Kier molecular flexibility index (Phi) is 6.14. The lowest BCUT2D eigenvalue weighted by Crippen LogP contribution is -2.34. The summed E-state index contributed by atoms with van der Waals surface area (Å²) in [4.78, 5) is 36.8. The molecule has 130 valence electrons. The lowest BCUT2D eigenvalue weighted by Gasteiger charge is -2.24. The Morgan fingerprint density at radius 3 is 2.54 bits per heavy atom. The van der Waals surface area contributed by atoms with Crippen molar-refractivity contribution in [2.24, 2.45) is 11.8 Å². The van der Waals surface area contributed by atoms with E-state index in [0.717, 1.165) is 17.7 Å². The van der Waals surface area contributed by atoms with Gasteiger partial charge >= 0.3 is 11.9 Å². The molecule has 0 spiro atoms. The predicted octanol–water partition coefficient (Wildman–Crippen LogP) is 3.09. The normalized spacial score (nSPS) is 19.8. The monoisotopic (exact) mass is 351 g/mol. The van der Waals surface area contributed by atoms with Crippen LogP contribution in [0.15, 0.2) is 18.2 Å². The average Bonchev–Trinajstić information content (AvgIpc) is 2.96. The lowest BCUT2D eigenvalue weighted by atomic mass is 9.82. The number of carboxylic acid groups (broad SMARTS) is 1. The number of methoxy groups -OCH3 is 1. The number of esters is 1. The van der Waals surface area contributed by atoms with Gasteiger partial charge < -0.3 is 15.2 Å². The number of rotatable bonds is 6. The molecule has 1 aromatic rings. The minimum atomic E-state index is -0.981. The van der Waals surface area contributed by atoms with E-state index < -0.39 is 23.8 Å². The Bertz CT molecular complexity index is 664. The summed E-state index contributed by atoms with van der Waals surface area (Å²) >= 11 is 1.33. The van der Waals surface area contributed by atoms with Gasteiger partial charge in [-0.3, -0.25) is 9.59 Å². The second kappa shape index (κ2) is 8.10. The maximum Gasteiger partial charge on any atom is 0.340 e. The van der Waals surface area contributed by atoms with Crippen molar-refractivity contribution in [2.45, 2.75) is 32.6 Å². The van der Waals surface area contributed by atoms with Gasteiger partial charge in [-0.1, -0.05) is 25.5 Å². The van der Waals surface area contributed by atoms with Gasteiger partial charge in [0.15, 0.2) is 0 Å². The van der Waals surface area contributed by atoms with E-state index in [1.807, 2.05) is 13.0 Å². The smallest absolute Gasteiger partial charge is 0.340 e. The second-order valence-electron chi connectivity index (χ2n) is 5.68. The SMILES string of the molecule is CCCc1cc(C(=O)OC)c(NC(=O)[C@@H]2CC=CC[C@@H]2C(=O)O)s1. The van der Waals surface area contributed by atoms with Crippen molar-refractivity contribution < 1.29 is 24.2 Å². The van der Waals surface area contributed by atoms with Crippen molar-refractivity contribution in [3.63, 3.8) is 0 Å². The number of thiophene rings is 1. The summed E-state index contributed by atoms with van der Waals surface area (Å²) in [5.41, 5.74) is 0.317. The summed E-state index contributed by atoms with van der Waals surface area (Å²) in [6.45, 7) is 2.03. The number of hydrogen-bond acceptors (Lipinski definition) is 5. The zero-order chi connectivity index (χ0) is 17.7. The van der Waals surface area contributed by atoms with Gasteiger partial charge in [-0.25, -0.2) is 4.79 Å². The van der Waals surface area contributed by atoms with Crippen LogP contribution in [0.1, 0.15) is 41.4 Å². The summed E-state index contributed by atoms with van der Waals surface area (Å²) in [5, 5.41) is 12.5. The molecule has 2 rings (SSSR count). The molecule has 1 heterocycles. The molecule has 1 aromatic heterocycles. The number of ether oxygens (including phenoxy) is 1. The Hall–Kier alpha value is -2.15. The number of carbonyl (C=O) groups is 3. The van der Waals surface area contributed by atoms with Crippen LogP contribution < -0.4 is 5.32 Å². The first-order chi connectivity index (χ1) is 11.5. The van der Waals surface area contributed by atoms with E-state index in [9.17, 15) is 19.5 Å². The predicted molar refractivity (Wildman–Crippen MR) is 91.3 cm³/mol. The van der Waals surface area contributed by atoms with Crippen LogP contribution in [-0.4, -0.2) is 30.1 Å². The van der Waals surface area contributed by atoms with Gasteiger partial charge in [0.05, 0.1) is 24.5 Å². The first-order valence-electron chi connectivity index (χ1n) is 7.87. The van der Waals surface area contributed by atoms with E-state index in [2.05, 4.69) is 5.32 Å². The van der Waals surface area contributed by atoms with Gasteiger partial charge in [0.1, 0.15) is 5.00 Å². The Labute approximate surface area is 144 Å². The van der Waals surface area contributed by atoms with E-state index in [4.69, 9.17) is 4.74 Å². The summed E-state index contributed by atoms with van der Waals surface area (Å²) in [5.74, 6) is -3.25. The summed E-state index contributed by atoms with van der Waals surface area (Å²) in [7, 11) is 1.29. The molecule has 2 atom stereocenters. The van der Waals surface area contributed by atoms with E-state index >= 15 is 0 Å². The number of anilines is 1. The molecule has 1 aliphatic rings. The zero-order valence-electron chi connectivity index (χ0n) is 13.7. The largest absolute Gasteiger partial charge is 0.481 e. The van der Waals surface area contributed by atoms with Crippen molar-refractivity contribution in [3.8, 4) is 0 Å². The molecule has 0 unspecified atom stereocenters. The maximum atomic E-state index is 12.6. The number of hydrogen-bond donors (Lipinski definition) is 2. The van der Waals surface area contributed by atoms with Crippen LogP contribution in [0.4, 0.5) is 5.00 Å². The number of carbonyl (C=O) groups excluding carboxylic acids is 2. The average molecular weight is 351 g/mol. The van der Waals surface area contributed by atoms with Crippen LogP contribution in [0.2, 0.25) is 0 Å². The molecule has 0 aliphatic heterocycles. The molecule has 2 N–H and O–H groups in total. The molecule has 0 aromatic carbocycles. The van der Waals surface area contributed by atoms with Gasteiger partial charge in [-0.15, -0.1) is 11.3 Å². The van der Waals surface area contributed by atoms with E-state index in [-0.39, 0.29) is 5.91 Å². The molecule has 7 heteroatoms. The number of amides is 1. The third-order valence-corrected chi connectivity index (χ3v) is 5.12. The minimum absolute atomic E-state index is 0.317. The highest BCUT2D eigenvalue weighted by atomic mass is 32.1. The summed E-state index contributed by atoms with van der Waals surface area (Å²) < 4.78 is 4.77. The molecule has 1 amide bonds. The first-order valence-corrected chi connectivity index (χ1v) is 8.69. The van der Waals surface area contributed by atoms with Crippen LogP contribution in [0, 0.1) is 11.8 Å². The van der Waals surface area contributed by atoms with Crippen LogP contribution in [0.3, 0.4) is 0 Å². The van der Waals surface area contributed by atoms with Gasteiger partial charge in [-0.2, -0.15) is 0 Å². The van der Waals surface area contributed by atoms with Crippen molar-refractivity contribution >= 4 is 34.2 Å². The van der Waals surface area contributed by atoms with Crippen LogP contribution in [0.5, 0.6) is 0 Å². The second-order valence-corrected chi connectivity index (χ2v) is 6.82. The third kappa shape index (κ3) is 4.03. The molecule has 24 heavy (non-hydrogen) atoms. The molecule has 1 aliphatic carbocycles.